The van der Waals surface area contributed by atoms with Gasteiger partial charge in [-0.1, -0.05) is 38.5 Å². The van der Waals surface area contributed by atoms with Gasteiger partial charge in [-0.25, -0.2) is 0 Å². The van der Waals surface area contributed by atoms with Gasteiger partial charge in [0.05, 0.1) is 0 Å². The van der Waals surface area contributed by atoms with Crippen LogP contribution >= 0.6 is 11.9 Å². The Bertz CT molecular complexity index is 309. The third-order valence-corrected chi connectivity index (χ3v) is 3.04. The summed E-state index contributed by atoms with van der Waals surface area (Å²) in [5.74, 6) is 1.41. The third kappa shape index (κ3) is 2.88. The van der Waals surface area contributed by atoms with Gasteiger partial charge in [0, 0.05) is 0 Å². The summed E-state index contributed by atoms with van der Waals surface area (Å²) in [6.45, 7) is 6.44. The molecule has 2 heteroatoms. The van der Waals surface area contributed by atoms with E-state index in [1.165, 1.54) is 18.4 Å². The minimum Gasteiger partial charge on any atom is -0.385 e. The topological polar surface area (TPSA) is 9.23 Å². The van der Waals surface area contributed by atoms with E-state index in [0.29, 0.717) is 5.92 Å². The molecule has 0 amide bonds. The molecule has 84 valence electrons. The second-order valence-electron chi connectivity index (χ2n) is 3.96. The zero-order valence-electron chi connectivity index (χ0n) is 9.72. The van der Waals surface area contributed by atoms with Gasteiger partial charge in [-0.3, -0.25) is 0 Å². The molecule has 0 heterocycles. The second-order valence-corrected chi connectivity index (χ2v) is 4.12. The van der Waals surface area contributed by atoms with Crippen LogP contribution in [0.3, 0.4) is 0 Å². The van der Waals surface area contributed by atoms with Gasteiger partial charge >= 0.3 is 0 Å². The Balaban J connectivity index is 3.04. The number of benzene rings is 1. The molecular weight excluding hydrogens is 208 g/mol. The van der Waals surface area contributed by atoms with E-state index in [-0.39, 0.29) is 0 Å². The molecule has 1 aromatic rings. The van der Waals surface area contributed by atoms with Gasteiger partial charge in [-0.2, -0.15) is 0 Å². The summed E-state index contributed by atoms with van der Waals surface area (Å²) in [5.41, 5.74) is 2.35. The number of aryl methyl sites for hydroxylation is 1. The molecule has 1 unspecified atom stereocenters. The number of hydrogen-bond acceptors (Lipinski definition) is 1. The lowest BCUT2D eigenvalue weighted by Gasteiger charge is -2.17. The smallest absolute Gasteiger partial charge is 0.152 e. The normalized spacial score (nSPS) is 12.5. The van der Waals surface area contributed by atoms with Crippen LogP contribution < -0.4 is 4.29 Å². The van der Waals surface area contributed by atoms with E-state index >= 15 is 0 Å². The molecule has 1 nitrogen and oxygen atoms in total. The molecule has 0 radical (unpaired) electrons. The van der Waals surface area contributed by atoms with Crippen LogP contribution in [0, 0.1) is 6.92 Å². The monoisotopic (exact) mass is 226 g/mol. The Morgan fingerprint density at radius 3 is 2.60 bits per heavy atom. The minimum atomic E-state index is 0.559. The van der Waals surface area contributed by atoms with Crippen LogP contribution in [0.25, 0.3) is 0 Å². The molecule has 0 aliphatic rings. The Hall–Kier alpha value is -0.690. The lowest BCUT2D eigenvalue weighted by atomic mass is 9.90. The SMILES string of the molecule is CCCC(CC)c1cccc(C)c1OCl. The van der Waals surface area contributed by atoms with Gasteiger partial charge in [-0.15, -0.1) is 0 Å². The first-order valence-corrected chi connectivity index (χ1v) is 5.93. The van der Waals surface area contributed by atoms with Gasteiger partial charge in [0.25, 0.3) is 0 Å². The van der Waals surface area contributed by atoms with Crippen molar-refractivity contribution in [3.63, 3.8) is 0 Å². The van der Waals surface area contributed by atoms with E-state index in [4.69, 9.17) is 16.2 Å². The summed E-state index contributed by atoms with van der Waals surface area (Å²) in [6, 6.07) is 6.22. The molecule has 1 rings (SSSR count). The zero-order chi connectivity index (χ0) is 11.3. The van der Waals surface area contributed by atoms with Gasteiger partial charge in [0.1, 0.15) is 11.9 Å². The molecule has 1 aromatic carbocycles. The van der Waals surface area contributed by atoms with Crippen LogP contribution in [0.5, 0.6) is 5.75 Å². The van der Waals surface area contributed by atoms with E-state index in [1.807, 2.05) is 13.0 Å². The number of hydrogen-bond donors (Lipinski definition) is 0. The predicted molar refractivity (Wildman–Crippen MR) is 65.6 cm³/mol. The Labute approximate surface area is 97.6 Å². The molecule has 0 aliphatic heterocycles. The lowest BCUT2D eigenvalue weighted by molar-refractivity contribution is 0.547. The number of para-hydroxylation sites is 1. The summed E-state index contributed by atoms with van der Waals surface area (Å²) >= 11 is 5.54. The van der Waals surface area contributed by atoms with Crippen LogP contribution in [0.4, 0.5) is 0 Å². The van der Waals surface area contributed by atoms with Gasteiger partial charge in [0.15, 0.2) is 5.75 Å². The summed E-state index contributed by atoms with van der Waals surface area (Å²) in [5, 5.41) is 0. The first-order chi connectivity index (χ1) is 7.24. The maximum absolute atomic E-state index is 5.54. The highest BCUT2D eigenvalue weighted by molar-refractivity contribution is 6.09. The van der Waals surface area contributed by atoms with E-state index < -0.39 is 0 Å². The zero-order valence-corrected chi connectivity index (χ0v) is 10.5. The molecule has 0 fully saturated rings. The van der Waals surface area contributed by atoms with Crippen LogP contribution in [0.1, 0.15) is 50.2 Å². The van der Waals surface area contributed by atoms with Crippen molar-refractivity contribution in [2.75, 3.05) is 0 Å². The Morgan fingerprint density at radius 1 is 1.33 bits per heavy atom. The first-order valence-electron chi connectivity index (χ1n) is 5.62. The quantitative estimate of drug-likeness (QED) is 0.700. The fourth-order valence-corrected chi connectivity index (χ4v) is 2.24. The van der Waals surface area contributed by atoms with Crippen molar-refractivity contribution < 1.29 is 4.29 Å². The second kappa shape index (κ2) is 6.02. The van der Waals surface area contributed by atoms with E-state index in [2.05, 4.69) is 26.0 Å². The highest BCUT2D eigenvalue weighted by atomic mass is 35.5. The van der Waals surface area contributed by atoms with E-state index in [1.54, 1.807) is 0 Å². The van der Waals surface area contributed by atoms with Crippen LogP contribution in [0.2, 0.25) is 0 Å². The molecule has 15 heavy (non-hydrogen) atoms. The van der Waals surface area contributed by atoms with Gasteiger partial charge in [-0.05, 0) is 36.8 Å². The average molecular weight is 227 g/mol. The van der Waals surface area contributed by atoms with Crippen molar-refractivity contribution in [3.8, 4) is 5.75 Å². The van der Waals surface area contributed by atoms with Crippen molar-refractivity contribution >= 4 is 11.9 Å². The fraction of sp³-hybridized carbons (Fsp3) is 0.538. The highest BCUT2D eigenvalue weighted by Gasteiger charge is 2.15. The van der Waals surface area contributed by atoms with Crippen molar-refractivity contribution in [1.82, 2.24) is 0 Å². The standard InChI is InChI=1S/C13H19ClO/c1-4-7-11(5-2)12-9-6-8-10(3)13(12)15-14/h6,8-9,11H,4-5,7H2,1-3H3. The molecule has 0 bridgehead atoms. The maximum Gasteiger partial charge on any atom is 0.152 e. The molecule has 0 N–H and O–H groups in total. The first kappa shape index (κ1) is 12.4. The van der Waals surface area contributed by atoms with Crippen LogP contribution in [-0.4, -0.2) is 0 Å². The number of halogens is 1. The molecule has 0 aliphatic carbocycles. The van der Waals surface area contributed by atoms with Crippen molar-refractivity contribution in [3.05, 3.63) is 29.3 Å². The molecule has 0 saturated carbocycles. The summed E-state index contributed by atoms with van der Waals surface area (Å²) < 4.78 is 4.98. The van der Waals surface area contributed by atoms with Crippen molar-refractivity contribution in [2.24, 2.45) is 0 Å². The molecule has 1 atom stereocenters. The molecule has 0 aromatic heterocycles. The fourth-order valence-electron chi connectivity index (χ4n) is 2.03. The van der Waals surface area contributed by atoms with Gasteiger partial charge < -0.3 is 4.29 Å². The Morgan fingerprint density at radius 2 is 2.07 bits per heavy atom. The molecule has 0 saturated heterocycles. The van der Waals surface area contributed by atoms with Crippen LogP contribution in [0.15, 0.2) is 18.2 Å². The van der Waals surface area contributed by atoms with E-state index in [9.17, 15) is 0 Å². The summed E-state index contributed by atoms with van der Waals surface area (Å²) in [4.78, 5) is 0. The highest BCUT2D eigenvalue weighted by Crippen LogP contribution is 2.35. The number of rotatable bonds is 5. The molecular formula is C13H19ClO. The largest absolute Gasteiger partial charge is 0.385 e. The van der Waals surface area contributed by atoms with Crippen LogP contribution in [-0.2, 0) is 0 Å². The van der Waals surface area contributed by atoms with Crippen molar-refractivity contribution in [2.45, 2.75) is 46.0 Å². The van der Waals surface area contributed by atoms with E-state index in [0.717, 1.165) is 17.7 Å². The Kier molecular flexibility index (Phi) is 4.97. The van der Waals surface area contributed by atoms with Crippen molar-refractivity contribution in [1.29, 1.82) is 0 Å². The third-order valence-electron chi connectivity index (χ3n) is 2.89. The maximum atomic E-state index is 5.54. The summed E-state index contributed by atoms with van der Waals surface area (Å²) in [6.07, 6.45) is 3.51. The summed E-state index contributed by atoms with van der Waals surface area (Å²) in [7, 11) is 0. The lowest BCUT2D eigenvalue weighted by Crippen LogP contribution is -2.00. The average Bonchev–Trinajstić information content (AvgIpc) is 2.25. The molecule has 0 spiro atoms. The van der Waals surface area contributed by atoms with Gasteiger partial charge in [0.2, 0.25) is 0 Å². The minimum absolute atomic E-state index is 0.559. The predicted octanol–water partition coefficient (Wildman–Crippen LogP) is 4.82.